The van der Waals surface area contributed by atoms with Crippen LogP contribution in [-0.2, 0) is 9.47 Å². The zero-order chi connectivity index (χ0) is 22.1. The molecule has 0 spiro atoms. The Hall–Kier alpha value is -1.63. The average molecular weight is 431 g/mol. The van der Waals surface area contributed by atoms with Gasteiger partial charge in [0.05, 0.1) is 31.4 Å². The van der Waals surface area contributed by atoms with Crippen LogP contribution in [0.25, 0.3) is 0 Å². The maximum Gasteiger partial charge on any atom is 0.193 e. The number of nitrogens with zero attached hydrogens (tertiary/aromatic N) is 3. The van der Waals surface area contributed by atoms with Crippen LogP contribution in [0.15, 0.2) is 29.3 Å². The van der Waals surface area contributed by atoms with Crippen molar-refractivity contribution in [3.8, 4) is 0 Å². The summed E-state index contributed by atoms with van der Waals surface area (Å²) in [5.41, 5.74) is 2.60. The molecule has 3 rings (SSSR count). The smallest absolute Gasteiger partial charge is 0.193 e. The van der Waals surface area contributed by atoms with Gasteiger partial charge in [-0.15, -0.1) is 0 Å². The summed E-state index contributed by atoms with van der Waals surface area (Å²) in [6.45, 7) is 9.51. The summed E-state index contributed by atoms with van der Waals surface area (Å²) in [5, 5.41) is 3.50. The number of benzene rings is 1. The highest BCUT2D eigenvalue weighted by atomic mass is 16.5. The minimum Gasteiger partial charge on any atom is -0.376 e. The second-order valence-electron chi connectivity index (χ2n) is 9.09. The Balaban J connectivity index is 1.53. The number of piperidine rings is 1. The molecule has 0 saturated carbocycles. The molecule has 0 radical (unpaired) electrons. The molecule has 6 heteroatoms. The van der Waals surface area contributed by atoms with Gasteiger partial charge in [0.2, 0.25) is 0 Å². The molecular formula is C25H42N4O2. The molecule has 31 heavy (non-hydrogen) atoms. The van der Waals surface area contributed by atoms with Gasteiger partial charge in [-0.2, -0.15) is 0 Å². The number of likely N-dealkylation sites (tertiary alicyclic amines) is 1. The Labute approximate surface area is 189 Å². The molecule has 1 aromatic rings. The highest BCUT2D eigenvalue weighted by molar-refractivity contribution is 5.80. The first-order chi connectivity index (χ1) is 15.1. The van der Waals surface area contributed by atoms with Crippen LogP contribution in [0.3, 0.4) is 0 Å². The van der Waals surface area contributed by atoms with Crippen molar-refractivity contribution in [1.29, 1.82) is 0 Å². The van der Waals surface area contributed by atoms with Gasteiger partial charge in [0.25, 0.3) is 0 Å². The fourth-order valence-electron chi connectivity index (χ4n) is 4.37. The number of hydrogen-bond donors (Lipinski definition) is 1. The molecule has 1 N–H and O–H groups in total. The SMILES string of the molecule is CCNC(=NCC(c1ccc(C)cc1)N(C)C)N1CCC(OCC2CCCCO2)CC1. The van der Waals surface area contributed by atoms with E-state index in [2.05, 4.69) is 67.3 Å². The van der Waals surface area contributed by atoms with E-state index in [4.69, 9.17) is 14.5 Å². The predicted molar refractivity (Wildman–Crippen MR) is 128 cm³/mol. The lowest BCUT2D eigenvalue weighted by Gasteiger charge is -2.35. The molecule has 6 nitrogen and oxygen atoms in total. The van der Waals surface area contributed by atoms with E-state index in [0.29, 0.717) is 12.2 Å². The molecule has 0 bridgehead atoms. The summed E-state index contributed by atoms with van der Waals surface area (Å²) >= 11 is 0. The number of aryl methyl sites for hydroxylation is 1. The number of aliphatic imine (C=N–C) groups is 1. The molecule has 2 aliphatic heterocycles. The number of hydrogen-bond acceptors (Lipinski definition) is 4. The van der Waals surface area contributed by atoms with E-state index in [1.807, 2.05) is 0 Å². The summed E-state index contributed by atoms with van der Waals surface area (Å²) in [6.07, 6.45) is 6.34. The van der Waals surface area contributed by atoms with Gasteiger partial charge < -0.3 is 24.6 Å². The largest absolute Gasteiger partial charge is 0.376 e. The summed E-state index contributed by atoms with van der Waals surface area (Å²) < 4.78 is 12.0. The van der Waals surface area contributed by atoms with Crippen LogP contribution in [0, 0.1) is 6.92 Å². The van der Waals surface area contributed by atoms with Crippen molar-refractivity contribution in [2.45, 2.75) is 64.2 Å². The first kappa shape index (κ1) is 24.0. The van der Waals surface area contributed by atoms with Gasteiger partial charge >= 0.3 is 0 Å². The van der Waals surface area contributed by atoms with E-state index in [-0.39, 0.29) is 6.04 Å². The molecule has 1 aromatic carbocycles. The lowest BCUT2D eigenvalue weighted by atomic mass is 10.0. The maximum atomic E-state index is 6.19. The third kappa shape index (κ3) is 7.48. The van der Waals surface area contributed by atoms with E-state index in [9.17, 15) is 0 Å². The van der Waals surface area contributed by atoms with Gasteiger partial charge in [-0.3, -0.25) is 4.99 Å². The molecule has 0 amide bonds. The predicted octanol–water partition coefficient (Wildman–Crippen LogP) is 3.61. The highest BCUT2D eigenvalue weighted by Crippen LogP contribution is 2.21. The summed E-state index contributed by atoms with van der Waals surface area (Å²) in [4.78, 5) is 9.68. The minimum atomic E-state index is 0.269. The highest BCUT2D eigenvalue weighted by Gasteiger charge is 2.24. The standard InChI is InChI=1S/C25H42N4O2/c1-5-26-25(27-18-24(28(3)4)21-11-9-20(2)10-12-21)29-15-13-22(14-16-29)31-19-23-8-6-7-17-30-23/h9-12,22-24H,5-8,13-19H2,1-4H3,(H,26,27). The Morgan fingerprint density at radius 1 is 1.19 bits per heavy atom. The van der Waals surface area contributed by atoms with Gasteiger partial charge in [-0.05, 0) is 65.6 Å². The van der Waals surface area contributed by atoms with Crippen LogP contribution in [0.4, 0.5) is 0 Å². The number of guanidine groups is 1. The fourth-order valence-corrected chi connectivity index (χ4v) is 4.37. The first-order valence-electron chi connectivity index (χ1n) is 12.1. The van der Waals surface area contributed by atoms with Crippen molar-refractivity contribution in [2.75, 3.05) is 53.5 Å². The van der Waals surface area contributed by atoms with Crippen LogP contribution in [0.5, 0.6) is 0 Å². The molecular weight excluding hydrogens is 388 g/mol. The molecule has 2 atom stereocenters. The fraction of sp³-hybridized carbons (Fsp3) is 0.720. The Kier molecular flexibility index (Phi) is 9.62. The van der Waals surface area contributed by atoms with Crippen LogP contribution in [0.2, 0.25) is 0 Å². The monoisotopic (exact) mass is 430 g/mol. The third-order valence-corrected chi connectivity index (χ3v) is 6.37. The molecule has 2 saturated heterocycles. The molecule has 2 fully saturated rings. The summed E-state index contributed by atoms with van der Waals surface area (Å²) in [5.74, 6) is 1.02. The van der Waals surface area contributed by atoms with E-state index in [1.165, 1.54) is 24.0 Å². The Morgan fingerprint density at radius 3 is 2.55 bits per heavy atom. The lowest BCUT2D eigenvalue weighted by molar-refractivity contribution is -0.0721. The van der Waals surface area contributed by atoms with E-state index in [1.54, 1.807) is 0 Å². The van der Waals surface area contributed by atoms with Crippen molar-refractivity contribution in [3.63, 3.8) is 0 Å². The molecule has 2 heterocycles. The van der Waals surface area contributed by atoms with E-state index < -0.39 is 0 Å². The van der Waals surface area contributed by atoms with Crippen molar-refractivity contribution in [1.82, 2.24) is 15.1 Å². The van der Waals surface area contributed by atoms with Crippen molar-refractivity contribution in [2.24, 2.45) is 4.99 Å². The molecule has 2 unspecified atom stereocenters. The van der Waals surface area contributed by atoms with Gasteiger partial charge in [0.15, 0.2) is 5.96 Å². The van der Waals surface area contributed by atoms with Crippen molar-refractivity contribution < 1.29 is 9.47 Å². The molecule has 0 aliphatic carbocycles. The van der Waals surface area contributed by atoms with Gasteiger partial charge in [-0.25, -0.2) is 0 Å². The van der Waals surface area contributed by atoms with Crippen LogP contribution >= 0.6 is 0 Å². The van der Waals surface area contributed by atoms with Crippen LogP contribution in [0.1, 0.15) is 56.2 Å². The van der Waals surface area contributed by atoms with Gasteiger partial charge in [0.1, 0.15) is 0 Å². The van der Waals surface area contributed by atoms with Crippen LogP contribution in [-0.4, -0.2) is 81.5 Å². The Morgan fingerprint density at radius 2 is 1.94 bits per heavy atom. The van der Waals surface area contributed by atoms with Gasteiger partial charge in [-0.1, -0.05) is 29.8 Å². The normalized spacial score (nSPS) is 22.0. The number of likely N-dealkylation sites (N-methyl/N-ethyl adjacent to an activating group) is 1. The topological polar surface area (TPSA) is 49.3 Å². The number of rotatable bonds is 8. The minimum absolute atomic E-state index is 0.269. The molecule has 2 aliphatic rings. The lowest BCUT2D eigenvalue weighted by Crippen LogP contribution is -2.47. The first-order valence-corrected chi connectivity index (χ1v) is 12.1. The maximum absolute atomic E-state index is 6.19. The summed E-state index contributed by atoms with van der Waals surface area (Å²) in [6, 6.07) is 9.08. The zero-order valence-electron chi connectivity index (χ0n) is 20.0. The second-order valence-corrected chi connectivity index (χ2v) is 9.09. The second kappa shape index (κ2) is 12.4. The summed E-state index contributed by atoms with van der Waals surface area (Å²) in [7, 11) is 4.26. The van der Waals surface area contributed by atoms with E-state index in [0.717, 1.165) is 64.6 Å². The zero-order valence-corrected chi connectivity index (χ0v) is 20.0. The number of nitrogens with one attached hydrogen (secondary N) is 1. The Bertz CT molecular complexity index is 663. The average Bonchev–Trinajstić information content (AvgIpc) is 2.79. The molecule has 174 valence electrons. The number of ether oxygens (including phenoxy) is 2. The quantitative estimate of drug-likeness (QED) is 0.504. The molecule has 0 aromatic heterocycles. The van der Waals surface area contributed by atoms with Crippen molar-refractivity contribution >= 4 is 5.96 Å². The van der Waals surface area contributed by atoms with Gasteiger partial charge in [0, 0.05) is 26.2 Å². The van der Waals surface area contributed by atoms with E-state index >= 15 is 0 Å². The third-order valence-electron chi connectivity index (χ3n) is 6.37. The van der Waals surface area contributed by atoms with Crippen LogP contribution < -0.4 is 5.32 Å². The van der Waals surface area contributed by atoms with Crippen molar-refractivity contribution in [3.05, 3.63) is 35.4 Å².